The van der Waals surface area contributed by atoms with Gasteiger partial charge in [0.15, 0.2) is 5.78 Å². The summed E-state index contributed by atoms with van der Waals surface area (Å²) in [5.74, 6) is -0.897. The van der Waals surface area contributed by atoms with Crippen molar-refractivity contribution in [2.45, 2.75) is 33.1 Å². The van der Waals surface area contributed by atoms with E-state index >= 15 is 0 Å². The van der Waals surface area contributed by atoms with Crippen LogP contribution in [0.5, 0.6) is 11.5 Å². The Bertz CT molecular complexity index is 1370. The fourth-order valence-corrected chi connectivity index (χ4v) is 3.40. The molecular formula is C32H30O7. The molecule has 0 saturated carbocycles. The number of ketones is 1. The summed E-state index contributed by atoms with van der Waals surface area (Å²) < 4.78 is 15.6. The van der Waals surface area contributed by atoms with E-state index in [-0.39, 0.29) is 17.8 Å². The van der Waals surface area contributed by atoms with Gasteiger partial charge in [0.1, 0.15) is 11.5 Å². The molecule has 3 aromatic carbocycles. The maximum absolute atomic E-state index is 12.7. The molecule has 200 valence electrons. The molecule has 0 aromatic heterocycles. The smallest absolute Gasteiger partial charge is 0.343 e. The Hall–Kier alpha value is -4.78. The van der Waals surface area contributed by atoms with Gasteiger partial charge in [-0.25, -0.2) is 14.4 Å². The van der Waals surface area contributed by atoms with Gasteiger partial charge in [-0.3, -0.25) is 4.79 Å². The van der Waals surface area contributed by atoms with Crippen molar-refractivity contribution in [2.75, 3.05) is 6.61 Å². The molecule has 0 bridgehead atoms. The Labute approximate surface area is 227 Å². The summed E-state index contributed by atoms with van der Waals surface area (Å²) in [7, 11) is 0. The zero-order chi connectivity index (χ0) is 28.4. The van der Waals surface area contributed by atoms with E-state index in [1.807, 2.05) is 12.1 Å². The standard InChI is InChI=1S/C32H30O7/c1-21(2)30(34)37-19-5-6-23-7-11-25(12-8-23)29(33)20-24-9-15-27(16-10-24)39-32(36)26-13-17-28(18-14-26)38-31(35)22(3)4/h7-18H,1,3,5-6,19-20H2,2,4H3. The highest BCUT2D eigenvalue weighted by Crippen LogP contribution is 2.18. The lowest BCUT2D eigenvalue weighted by molar-refractivity contribution is -0.139. The zero-order valence-corrected chi connectivity index (χ0v) is 22.0. The summed E-state index contributed by atoms with van der Waals surface area (Å²) in [6, 6.07) is 20.1. The number of hydrogen-bond donors (Lipinski definition) is 0. The zero-order valence-electron chi connectivity index (χ0n) is 22.0. The van der Waals surface area contributed by atoms with Crippen molar-refractivity contribution < 1.29 is 33.4 Å². The number of benzene rings is 3. The third-order valence-electron chi connectivity index (χ3n) is 5.61. The van der Waals surface area contributed by atoms with Crippen molar-refractivity contribution in [3.63, 3.8) is 0 Å². The van der Waals surface area contributed by atoms with Gasteiger partial charge in [0.05, 0.1) is 12.2 Å². The van der Waals surface area contributed by atoms with Crippen molar-refractivity contribution in [3.05, 3.63) is 119 Å². The second-order valence-corrected chi connectivity index (χ2v) is 9.04. The molecule has 0 aliphatic carbocycles. The molecule has 0 fully saturated rings. The molecule has 0 spiro atoms. The molecule has 7 heteroatoms. The van der Waals surface area contributed by atoms with E-state index in [1.54, 1.807) is 50.2 Å². The predicted molar refractivity (Wildman–Crippen MR) is 147 cm³/mol. The first-order chi connectivity index (χ1) is 18.6. The molecule has 39 heavy (non-hydrogen) atoms. The number of rotatable bonds is 12. The first kappa shape index (κ1) is 28.8. The largest absolute Gasteiger partial charge is 0.462 e. The van der Waals surface area contributed by atoms with Crippen molar-refractivity contribution in [1.29, 1.82) is 0 Å². The Kier molecular flexibility index (Phi) is 10.1. The van der Waals surface area contributed by atoms with Crippen LogP contribution in [-0.4, -0.2) is 30.3 Å². The molecule has 0 saturated heterocycles. The molecule has 3 aromatic rings. The van der Waals surface area contributed by atoms with Gasteiger partial charge in [-0.15, -0.1) is 0 Å². The topological polar surface area (TPSA) is 96.0 Å². The maximum atomic E-state index is 12.7. The molecule has 3 rings (SSSR count). The van der Waals surface area contributed by atoms with Crippen molar-refractivity contribution >= 4 is 23.7 Å². The van der Waals surface area contributed by atoms with Crippen LogP contribution < -0.4 is 9.47 Å². The number of hydrogen-bond acceptors (Lipinski definition) is 7. The summed E-state index contributed by atoms with van der Waals surface area (Å²) in [6.45, 7) is 10.5. The van der Waals surface area contributed by atoms with Gasteiger partial charge in [0, 0.05) is 23.1 Å². The number of esters is 3. The monoisotopic (exact) mass is 526 g/mol. The minimum atomic E-state index is -0.564. The van der Waals surface area contributed by atoms with E-state index in [9.17, 15) is 19.2 Å². The maximum Gasteiger partial charge on any atom is 0.343 e. The Morgan fingerprint density at radius 1 is 0.641 bits per heavy atom. The van der Waals surface area contributed by atoms with E-state index in [0.29, 0.717) is 41.2 Å². The van der Waals surface area contributed by atoms with Crippen molar-refractivity contribution in [1.82, 2.24) is 0 Å². The van der Waals surface area contributed by atoms with Crippen LogP contribution in [0, 0.1) is 0 Å². The van der Waals surface area contributed by atoms with Gasteiger partial charge in [-0.05, 0) is 74.2 Å². The highest BCUT2D eigenvalue weighted by Gasteiger charge is 2.12. The van der Waals surface area contributed by atoms with Gasteiger partial charge < -0.3 is 14.2 Å². The van der Waals surface area contributed by atoms with Crippen LogP contribution in [0.2, 0.25) is 0 Å². The predicted octanol–water partition coefficient (Wildman–Crippen LogP) is 5.86. The number of carbonyl (C=O) groups excluding carboxylic acids is 4. The highest BCUT2D eigenvalue weighted by atomic mass is 16.5. The molecule has 0 aliphatic heterocycles. The molecule has 0 radical (unpaired) electrons. The van der Waals surface area contributed by atoms with E-state index < -0.39 is 17.9 Å². The summed E-state index contributed by atoms with van der Waals surface area (Å²) in [6.07, 6.45) is 1.61. The van der Waals surface area contributed by atoms with Crippen LogP contribution in [0.15, 0.2) is 97.1 Å². The van der Waals surface area contributed by atoms with Crippen molar-refractivity contribution in [3.8, 4) is 11.5 Å². The third-order valence-corrected chi connectivity index (χ3v) is 5.61. The molecule has 0 heterocycles. The van der Waals surface area contributed by atoms with Crippen LogP contribution in [0.3, 0.4) is 0 Å². The summed E-state index contributed by atoms with van der Waals surface area (Å²) in [5, 5.41) is 0. The fraction of sp³-hybridized carbons (Fsp3) is 0.188. The van der Waals surface area contributed by atoms with Gasteiger partial charge in [-0.1, -0.05) is 49.6 Å². The summed E-state index contributed by atoms with van der Waals surface area (Å²) >= 11 is 0. The lowest BCUT2D eigenvalue weighted by atomic mass is 10.0. The van der Waals surface area contributed by atoms with Crippen LogP contribution in [-0.2, 0) is 27.2 Å². The van der Waals surface area contributed by atoms with E-state index in [0.717, 1.165) is 17.5 Å². The Balaban J connectivity index is 1.48. The van der Waals surface area contributed by atoms with Crippen LogP contribution in [0.4, 0.5) is 0 Å². The average molecular weight is 527 g/mol. The molecule has 7 nitrogen and oxygen atoms in total. The van der Waals surface area contributed by atoms with Gasteiger partial charge in [-0.2, -0.15) is 0 Å². The number of Topliss-reactive ketones (excluding diaryl/α,β-unsaturated/α-hetero) is 1. The number of aryl methyl sites for hydroxylation is 1. The quantitative estimate of drug-likeness (QED) is 0.0958. The highest BCUT2D eigenvalue weighted by molar-refractivity contribution is 5.97. The van der Waals surface area contributed by atoms with Crippen LogP contribution >= 0.6 is 0 Å². The average Bonchev–Trinajstić information content (AvgIpc) is 2.92. The van der Waals surface area contributed by atoms with E-state index in [2.05, 4.69) is 13.2 Å². The first-order valence-corrected chi connectivity index (χ1v) is 12.4. The molecule has 0 N–H and O–H groups in total. The molecule has 0 aliphatic rings. The minimum Gasteiger partial charge on any atom is -0.462 e. The van der Waals surface area contributed by atoms with Crippen LogP contribution in [0.25, 0.3) is 0 Å². The van der Waals surface area contributed by atoms with Crippen LogP contribution in [0.1, 0.15) is 52.1 Å². The fourth-order valence-electron chi connectivity index (χ4n) is 3.40. The van der Waals surface area contributed by atoms with Gasteiger partial charge in [0.25, 0.3) is 0 Å². The number of ether oxygens (including phenoxy) is 3. The van der Waals surface area contributed by atoms with Crippen molar-refractivity contribution in [2.24, 2.45) is 0 Å². The van der Waals surface area contributed by atoms with E-state index in [1.165, 1.54) is 24.3 Å². The van der Waals surface area contributed by atoms with E-state index in [4.69, 9.17) is 14.2 Å². The summed E-state index contributed by atoms with van der Waals surface area (Å²) in [4.78, 5) is 48.2. The third kappa shape index (κ3) is 8.93. The lowest BCUT2D eigenvalue weighted by Gasteiger charge is -2.08. The van der Waals surface area contributed by atoms with Gasteiger partial charge >= 0.3 is 17.9 Å². The normalized spacial score (nSPS) is 10.3. The SMILES string of the molecule is C=C(C)C(=O)OCCCc1ccc(C(=O)Cc2ccc(OC(=O)c3ccc(OC(=O)C(=C)C)cc3)cc2)cc1. The Morgan fingerprint density at radius 3 is 1.74 bits per heavy atom. The molecule has 0 amide bonds. The minimum absolute atomic E-state index is 0.0332. The lowest BCUT2D eigenvalue weighted by Crippen LogP contribution is -2.10. The first-order valence-electron chi connectivity index (χ1n) is 12.4. The summed E-state index contributed by atoms with van der Waals surface area (Å²) in [5.41, 5.74) is 3.37. The Morgan fingerprint density at radius 2 is 1.15 bits per heavy atom. The molecule has 0 unspecified atom stereocenters. The second kappa shape index (κ2) is 13.7. The second-order valence-electron chi connectivity index (χ2n) is 9.04. The molecular weight excluding hydrogens is 496 g/mol. The van der Waals surface area contributed by atoms with Gasteiger partial charge in [0.2, 0.25) is 0 Å². The number of carbonyl (C=O) groups is 4. The molecule has 0 atom stereocenters.